The highest BCUT2D eigenvalue weighted by Gasteiger charge is 2.29. The second-order valence-corrected chi connectivity index (χ2v) is 5.54. The van der Waals surface area contributed by atoms with Crippen molar-refractivity contribution in [3.05, 3.63) is 34.3 Å². The molecule has 0 bridgehead atoms. The zero-order valence-electron chi connectivity index (χ0n) is 10.9. The van der Waals surface area contributed by atoms with E-state index < -0.39 is 0 Å². The van der Waals surface area contributed by atoms with Crippen molar-refractivity contribution in [1.29, 1.82) is 0 Å². The predicted octanol–water partition coefficient (Wildman–Crippen LogP) is 2.59. The molecule has 3 unspecified atom stereocenters. The molecule has 0 aromatic heterocycles. The number of hydrogen-bond donors (Lipinski definition) is 2. The highest BCUT2D eigenvalue weighted by molar-refractivity contribution is 6.31. The minimum absolute atomic E-state index is 0.121. The van der Waals surface area contributed by atoms with E-state index in [2.05, 4.69) is 24.5 Å². The highest BCUT2D eigenvalue weighted by atomic mass is 35.5. The van der Waals surface area contributed by atoms with E-state index >= 15 is 0 Å². The maximum absolute atomic E-state index is 6.26. The Morgan fingerprint density at radius 3 is 2.83 bits per heavy atom. The van der Waals surface area contributed by atoms with Gasteiger partial charge in [0.15, 0.2) is 0 Å². The first kappa shape index (κ1) is 13.8. The van der Waals surface area contributed by atoms with Gasteiger partial charge in [0.1, 0.15) is 0 Å². The van der Waals surface area contributed by atoms with Crippen LogP contribution in [0.4, 0.5) is 0 Å². The number of aryl methyl sites for hydroxylation is 1. The third kappa shape index (κ3) is 3.23. The van der Waals surface area contributed by atoms with Crippen molar-refractivity contribution in [3.8, 4) is 0 Å². The van der Waals surface area contributed by atoms with Gasteiger partial charge in [-0.1, -0.05) is 23.7 Å². The number of rotatable bonds is 4. The average Bonchev–Trinajstić information content (AvgIpc) is 2.75. The van der Waals surface area contributed by atoms with E-state index in [1.165, 1.54) is 5.56 Å². The highest BCUT2D eigenvalue weighted by Crippen LogP contribution is 2.25. The van der Waals surface area contributed by atoms with Gasteiger partial charge in [-0.2, -0.15) is 0 Å². The quantitative estimate of drug-likeness (QED) is 0.652. The molecule has 3 N–H and O–H groups in total. The van der Waals surface area contributed by atoms with Gasteiger partial charge in [-0.05, 0) is 50.3 Å². The lowest BCUT2D eigenvalue weighted by Gasteiger charge is -2.23. The van der Waals surface area contributed by atoms with Crippen LogP contribution in [0, 0.1) is 6.92 Å². The van der Waals surface area contributed by atoms with Gasteiger partial charge in [0, 0.05) is 5.02 Å². The van der Waals surface area contributed by atoms with Crippen molar-refractivity contribution in [2.75, 3.05) is 0 Å². The van der Waals surface area contributed by atoms with Gasteiger partial charge in [-0.3, -0.25) is 11.3 Å². The van der Waals surface area contributed by atoms with Gasteiger partial charge in [-0.25, -0.2) is 0 Å². The molecule has 3 nitrogen and oxygen atoms in total. The Labute approximate surface area is 114 Å². The van der Waals surface area contributed by atoms with E-state index in [0.29, 0.717) is 6.10 Å². The number of nitrogens with two attached hydrogens (primary N) is 1. The molecule has 2 rings (SSSR count). The van der Waals surface area contributed by atoms with Crippen LogP contribution in [0.5, 0.6) is 0 Å². The molecular formula is C14H21ClN2O. The summed E-state index contributed by atoms with van der Waals surface area (Å²) in [5.74, 6) is 5.65. The molecule has 1 saturated heterocycles. The number of ether oxygens (including phenoxy) is 1. The topological polar surface area (TPSA) is 47.3 Å². The molecule has 18 heavy (non-hydrogen) atoms. The summed E-state index contributed by atoms with van der Waals surface area (Å²) in [5.41, 5.74) is 5.16. The number of halogens is 1. The Morgan fingerprint density at radius 1 is 1.50 bits per heavy atom. The fourth-order valence-electron chi connectivity index (χ4n) is 2.48. The van der Waals surface area contributed by atoms with Crippen molar-refractivity contribution >= 4 is 11.6 Å². The van der Waals surface area contributed by atoms with Crippen molar-refractivity contribution in [2.45, 2.75) is 51.4 Å². The lowest BCUT2D eigenvalue weighted by atomic mass is 9.99. The zero-order valence-corrected chi connectivity index (χ0v) is 11.7. The van der Waals surface area contributed by atoms with Crippen LogP contribution >= 0.6 is 11.6 Å². The molecule has 1 aromatic rings. The van der Waals surface area contributed by atoms with Crippen molar-refractivity contribution in [1.82, 2.24) is 5.43 Å². The number of nitrogens with one attached hydrogen (secondary N) is 1. The second-order valence-electron chi connectivity index (χ2n) is 5.13. The van der Waals surface area contributed by atoms with Crippen LogP contribution in [-0.4, -0.2) is 18.2 Å². The van der Waals surface area contributed by atoms with Crippen LogP contribution in [0.15, 0.2) is 18.2 Å². The summed E-state index contributed by atoms with van der Waals surface area (Å²) in [6.07, 6.45) is 3.47. The summed E-state index contributed by atoms with van der Waals surface area (Å²) in [5, 5.41) is 0.807. The van der Waals surface area contributed by atoms with Gasteiger partial charge in [-0.15, -0.1) is 0 Å². The normalized spacial score (nSPS) is 25.3. The molecule has 0 spiro atoms. The molecule has 100 valence electrons. The SMILES string of the molecule is Cc1ccc(CC(NN)C2CCC(C)O2)c(Cl)c1. The van der Waals surface area contributed by atoms with Crippen molar-refractivity contribution in [3.63, 3.8) is 0 Å². The molecule has 1 fully saturated rings. The third-order valence-electron chi connectivity index (χ3n) is 3.58. The summed E-state index contributed by atoms with van der Waals surface area (Å²) in [6, 6.07) is 6.26. The van der Waals surface area contributed by atoms with Gasteiger partial charge < -0.3 is 4.74 Å². The summed E-state index contributed by atoms with van der Waals surface area (Å²) in [6.45, 7) is 4.14. The smallest absolute Gasteiger partial charge is 0.0749 e. The summed E-state index contributed by atoms with van der Waals surface area (Å²) >= 11 is 6.26. The number of hydrogen-bond acceptors (Lipinski definition) is 3. The molecule has 1 aliphatic rings. The summed E-state index contributed by atoms with van der Waals surface area (Å²) in [7, 11) is 0. The largest absolute Gasteiger partial charge is 0.374 e. The van der Waals surface area contributed by atoms with Crippen LogP contribution in [0.25, 0.3) is 0 Å². The van der Waals surface area contributed by atoms with Crippen LogP contribution < -0.4 is 11.3 Å². The Kier molecular flexibility index (Phi) is 4.62. The van der Waals surface area contributed by atoms with E-state index in [9.17, 15) is 0 Å². The molecule has 1 aliphatic heterocycles. The van der Waals surface area contributed by atoms with Crippen LogP contribution in [0.2, 0.25) is 5.02 Å². The van der Waals surface area contributed by atoms with Gasteiger partial charge in [0.2, 0.25) is 0 Å². The number of hydrazine groups is 1. The van der Waals surface area contributed by atoms with Gasteiger partial charge in [0.25, 0.3) is 0 Å². The molecule has 1 heterocycles. The van der Waals surface area contributed by atoms with E-state index in [4.69, 9.17) is 22.2 Å². The van der Waals surface area contributed by atoms with E-state index in [1.54, 1.807) is 0 Å². The fourth-order valence-corrected chi connectivity index (χ4v) is 2.79. The van der Waals surface area contributed by atoms with Crippen LogP contribution in [0.3, 0.4) is 0 Å². The molecule has 0 aliphatic carbocycles. The predicted molar refractivity (Wildman–Crippen MR) is 74.6 cm³/mol. The standard InChI is InChI=1S/C14H21ClN2O/c1-9-3-5-11(12(15)7-9)8-13(17-16)14-6-4-10(2)18-14/h3,5,7,10,13-14,17H,4,6,8,16H2,1-2H3. The summed E-state index contributed by atoms with van der Waals surface area (Å²) in [4.78, 5) is 0. The molecule has 0 amide bonds. The molecule has 0 radical (unpaired) electrons. The van der Waals surface area contributed by atoms with E-state index in [0.717, 1.165) is 29.8 Å². The Hall–Kier alpha value is -0.610. The maximum Gasteiger partial charge on any atom is 0.0749 e. The van der Waals surface area contributed by atoms with E-state index in [1.807, 2.05) is 13.0 Å². The second kappa shape index (κ2) is 6.02. The van der Waals surface area contributed by atoms with Gasteiger partial charge >= 0.3 is 0 Å². The van der Waals surface area contributed by atoms with Crippen molar-refractivity contribution in [2.24, 2.45) is 5.84 Å². The Balaban J connectivity index is 2.05. The molecular weight excluding hydrogens is 248 g/mol. The maximum atomic E-state index is 6.26. The van der Waals surface area contributed by atoms with Crippen LogP contribution in [-0.2, 0) is 11.2 Å². The molecule has 0 saturated carbocycles. The minimum Gasteiger partial charge on any atom is -0.374 e. The minimum atomic E-state index is 0.121. The molecule has 1 aromatic carbocycles. The Bertz CT molecular complexity index is 411. The lowest BCUT2D eigenvalue weighted by Crippen LogP contribution is -2.45. The number of benzene rings is 1. The first-order chi connectivity index (χ1) is 8.60. The van der Waals surface area contributed by atoms with Crippen LogP contribution in [0.1, 0.15) is 30.9 Å². The summed E-state index contributed by atoms with van der Waals surface area (Å²) < 4.78 is 5.86. The Morgan fingerprint density at radius 2 is 2.28 bits per heavy atom. The average molecular weight is 269 g/mol. The fraction of sp³-hybridized carbons (Fsp3) is 0.571. The lowest BCUT2D eigenvalue weighted by molar-refractivity contribution is 0.0320. The third-order valence-corrected chi connectivity index (χ3v) is 3.93. The van der Waals surface area contributed by atoms with Crippen molar-refractivity contribution < 1.29 is 4.74 Å². The molecule has 4 heteroatoms. The zero-order chi connectivity index (χ0) is 13.1. The molecule has 3 atom stereocenters. The first-order valence-electron chi connectivity index (χ1n) is 6.46. The monoisotopic (exact) mass is 268 g/mol. The first-order valence-corrected chi connectivity index (χ1v) is 6.84. The van der Waals surface area contributed by atoms with E-state index in [-0.39, 0.29) is 12.1 Å². The van der Waals surface area contributed by atoms with Gasteiger partial charge in [0.05, 0.1) is 18.2 Å².